The molecule has 0 unspecified atom stereocenters. The monoisotopic (exact) mass is 325 g/mol. The summed E-state index contributed by atoms with van der Waals surface area (Å²) in [5, 5.41) is 8.63. The quantitative estimate of drug-likeness (QED) is 0.933. The number of ether oxygens (including phenoxy) is 1. The average molecular weight is 325 g/mol. The molecule has 1 aliphatic heterocycles. The van der Waals surface area contributed by atoms with E-state index in [1.54, 1.807) is 7.11 Å². The first-order valence-electron chi connectivity index (χ1n) is 9.28. The predicted octanol–water partition coefficient (Wildman–Crippen LogP) is 3.63. The molecule has 128 valence electrons. The van der Waals surface area contributed by atoms with Gasteiger partial charge in [0, 0.05) is 42.8 Å². The highest BCUT2D eigenvalue weighted by Gasteiger charge is 2.26. The Morgan fingerprint density at radius 3 is 2.88 bits per heavy atom. The van der Waals surface area contributed by atoms with E-state index in [4.69, 9.17) is 9.84 Å². The molecule has 0 radical (unpaired) electrons. The van der Waals surface area contributed by atoms with Crippen LogP contribution in [0.15, 0.2) is 24.3 Å². The fraction of sp³-hybridized carbons (Fsp3) is 0.550. The molecule has 1 aromatic carbocycles. The zero-order valence-electron chi connectivity index (χ0n) is 14.6. The van der Waals surface area contributed by atoms with Gasteiger partial charge >= 0.3 is 0 Å². The number of hydrogen-bond donors (Lipinski definition) is 1. The van der Waals surface area contributed by atoms with Crippen LogP contribution in [0.4, 0.5) is 0 Å². The first-order valence-corrected chi connectivity index (χ1v) is 9.28. The molecule has 1 aliphatic carbocycles. The van der Waals surface area contributed by atoms with Gasteiger partial charge in [-0.25, -0.2) is 0 Å². The summed E-state index contributed by atoms with van der Waals surface area (Å²) in [5.41, 5.74) is 5.36. The second-order valence-electron chi connectivity index (χ2n) is 7.02. The van der Waals surface area contributed by atoms with Crippen LogP contribution in [0.3, 0.4) is 0 Å². The first kappa shape index (κ1) is 15.7. The fourth-order valence-corrected chi connectivity index (χ4v) is 4.24. The third-order valence-corrected chi connectivity index (χ3v) is 5.51. The number of methoxy groups -OCH3 is 1. The number of para-hydroxylation sites is 1. The number of aromatic nitrogens is 2. The summed E-state index contributed by atoms with van der Waals surface area (Å²) in [4.78, 5) is 0. The van der Waals surface area contributed by atoms with Crippen molar-refractivity contribution in [1.82, 2.24) is 15.1 Å². The minimum atomic E-state index is 0.608. The minimum Gasteiger partial charge on any atom is -0.496 e. The van der Waals surface area contributed by atoms with E-state index in [2.05, 4.69) is 22.1 Å². The Morgan fingerprint density at radius 1 is 1.21 bits per heavy atom. The lowest BCUT2D eigenvalue weighted by Crippen LogP contribution is -2.26. The normalized spacial score (nSPS) is 18.4. The van der Waals surface area contributed by atoms with Gasteiger partial charge in [-0.3, -0.25) is 4.68 Å². The smallest absolute Gasteiger partial charge is 0.122 e. The van der Waals surface area contributed by atoms with Gasteiger partial charge in [0.1, 0.15) is 5.75 Å². The van der Waals surface area contributed by atoms with Crippen molar-refractivity contribution >= 4 is 0 Å². The van der Waals surface area contributed by atoms with Crippen molar-refractivity contribution in [1.29, 1.82) is 0 Å². The molecule has 0 amide bonds. The number of rotatable bonds is 4. The molecule has 4 nitrogen and oxygen atoms in total. The zero-order valence-corrected chi connectivity index (χ0v) is 14.6. The van der Waals surface area contributed by atoms with Crippen molar-refractivity contribution in [3.05, 3.63) is 46.8 Å². The van der Waals surface area contributed by atoms with Crippen LogP contribution in [0.5, 0.6) is 5.75 Å². The van der Waals surface area contributed by atoms with E-state index in [1.807, 2.05) is 12.1 Å². The summed E-state index contributed by atoms with van der Waals surface area (Å²) in [5.74, 6) is 0.960. The molecule has 2 heterocycles. The minimum absolute atomic E-state index is 0.608. The Hall–Kier alpha value is -1.81. The van der Waals surface area contributed by atoms with Crippen LogP contribution >= 0.6 is 0 Å². The van der Waals surface area contributed by atoms with E-state index in [0.29, 0.717) is 6.04 Å². The van der Waals surface area contributed by atoms with Crippen molar-refractivity contribution in [2.24, 2.45) is 0 Å². The predicted molar refractivity (Wildman–Crippen MR) is 95.6 cm³/mol. The number of hydrogen-bond acceptors (Lipinski definition) is 3. The Kier molecular flexibility index (Phi) is 4.56. The molecule has 0 saturated heterocycles. The number of benzene rings is 1. The van der Waals surface area contributed by atoms with Gasteiger partial charge in [-0.2, -0.15) is 5.10 Å². The number of fused-ring (bicyclic) bond motifs is 1. The maximum absolute atomic E-state index is 5.53. The summed E-state index contributed by atoms with van der Waals surface area (Å²) in [7, 11) is 1.75. The Balaban J connectivity index is 1.68. The molecule has 2 aliphatic rings. The van der Waals surface area contributed by atoms with Gasteiger partial charge in [-0.05, 0) is 18.9 Å². The molecule has 1 aromatic heterocycles. The van der Waals surface area contributed by atoms with Crippen molar-refractivity contribution in [3.63, 3.8) is 0 Å². The molecule has 4 rings (SSSR count). The van der Waals surface area contributed by atoms with Crippen LogP contribution in [0.2, 0.25) is 0 Å². The molecule has 1 saturated carbocycles. The van der Waals surface area contributed by atoms with Gasteiger partial charge in [-0.15, -0.1) is 0 Å². The zero-order chi connectivity index (χ0) is 16.4. The third kappa shape index (κ3) is 2.95. The standard InChI is InChI=1S/C20H27N3O/c1-24-20-10-6-5-7-15(20)13-18-17-14-21-12-11-19(17)23(22-18)16-8-3-2-4-9-16/h5-7,10,16,21H,2-4,8-9,11-14H2,1H3. The summed E-state index contributed by atoms with van der Waals surface area (Å²) in [6, 6.07) is 8.91. The third-order valence-electron chi connectivity index (χ3n) is 5.51. The summed E-state index contributed by atoms with van der Waals surface area (Å²) < 4.78 is 7.92. The fourth-order valence-electron chi connectivity index (χ4n) is 4.24. The number of nitrogens with zero attached hydrogens (tertiary/aromatic N) is 2. The highest BCUT2D eigenvalue weighted by molar-refractivity contribution is 5.39. The molecular formula is C20H27N3O. The molecule has 4 heteroatoms. The molecule has 0 bridgehead atoms. The van der Waals surface area contributed by atoms with E-state index < -0.39 is 0 Å². The van der Waals surface area contributed by atoms with E-state index in [9.17, 15) is 0 Å². The summed E-state index contributed by atoms with van der Waals surface area (Å²) >= 11 is 0. The van der Waals surface area contributed by atoms with Crippen molar-refractivity contribution < 1.29 is 4.74 Å². The molecule has 2 aromatic rings. The van der Waals surface area contributed by atoms with Gasteiger partial charge in [0.2, 0.25) is 0 Å². The van der Waals surface area contributed by atoms with Crippen LogP contribution in [-0.2, 0) is 19.4 Å². The van der Waals surface area contributed by atoms with Crippen LogP contribution < -0.4 is 10.1 Å². The van der Waals surface area contributed by atoms with Gasteiger partial charge in [0.05, 0.1) is 18.8 Å². The van der Waals surface area contributed by atoms with Gasteiger partial charge in [0.15, 0.2) is 0 Å². The first-order chi connectivity index (χ1) is 11.9. The van der Waals surface area contributed by atoms with Crippen molar-refractivity contribution in [2.75, 3.05) is 13.7 Å². The van der Waals surface area contributed by atoms with Gasteiger partial charge < -0.3 is 10.1 Å². The molecule has 24 heavy (non-hydrogen) atoms. The summed E-state index contributed by atoms with van der Waals surface area (Å²) in [6.07, 6.45) is 8.61. The highest BCUT2D eigenvalue weighted by Crippen LogP contribution is 2.32. The second kappa shape index (κ2) is 6.98. The maximum atomic E-state index is 5.53. The van der Waals surface area contributed by atoms with Crippen LogP contribution in [-0.4, -0.2) is 23.4 Å². The van der Waals surface area contributed by atoms with Crippen LogP contribution in [0.1, 0.15) is 60.7 Å². The lowest BCUT2D eigenvalue weighted by atomic mass is 9.95. The Morgan fingerprint density at radius 2 is 2.04 bits per heavy atom. The van der Waals surface area contributed by atoms with Crippen molar-refractivity contribution in [2.45, 2.75) is 57.5 Å². The summed E-state index contributed by atoms with van der Waals surface area (Å²) in [6.45, 7) is 2.02. The lowest BCUT2D eigenvalue weighted by Gasteiger charge is -2.25. The van der Waals surface area contributed by atoms with Crippen molar-refractivity contribution in [3.8, 4) is 5.75 Å². The molecule has 0 spiro atoms. The lowest BCUT2D eigenvalue weighted by molar-refractivity contribution is 0.319. The van der Waals surface area contributed by atoms with E-state index >= 15 is 0 Å². The Bertz CT molecular complexity index is 701. The molecule has 0 atom stereocenters. The highest BCUT2D eigenvalue weighted by atomic mass is 16.5. The van der Waals surface area contributed by atoms with E-state index in [0.717, 1.165) is 31.7 Å². The number of nitrogens with one attached hydrogen (secondary N) is 1. The van der Waals surface area contributed by atoms with Gasteiger partial charge in [0.25, 0.3) is 0 Å². The largest absolute Gasteiger partial charge is 0.496 e. The van der Waals surface area contributed by atoms with Crippen LogP contribution in [0, 0.1) is 0 Å². The molecule has 1 fully saturated rings. The molecular weight excluding hydrogens is 298 g/mol. The van der Waals surface area contributed by atoms with E-state index in [1.165, 1.54) is 54.6 Å². The SMILES string of the molecule is COc1ccccc1Cc1nn(C2CCCCC2)c2c1CNCC2. The second-order valence-corrected chi connectivity index (χ2v) is 7.02. The topological polar surface area (TPSA) is 39.1 Å². The average Bonchev–Trinajstić information content (AvgIpc) is 3.02. The van der Waals surface area contributed by atoms with E-state index in [-0.39, 0.29) is 0 Å². The van der Waals surface area contributed by atoms with Gasteiger partial charge in [-0.1, -0.05) is 37.5 Å². The Labute approximate surface area is 144 Å². The maximum Gasteiger partial charge on any atom is 0.122 e. The van der Waals surface area contributed by atoms with Crippen LogP contribution in [0.25, 0.3) is 0 Å². The molecule has 1 N–H and O–H groups in total.